The highest BCUT2D eigenvalue weighted by Gasteiger charge is 2.33. The Morgan fingerprint density at radius 1 is 1.24 bits per heavy atom. The van der Waals surface area contributed by atoms with Gasteiger partial charge >= 0.3 is 0 Å². The Morgan fingerprint density at radius 3 is 2.79 bits per heavy atom. The Kier molecular flexibility index (Phi) is 6.20. The van der Waals surface area contributed by atoms with Crippen molar-refractivity contribution in [3.8, 4) is 0 Å². The molecule has 11 heteroatoms. The first kappa shape index (κ1) is 22.4. The van der Waals surface area contributed by atoms with Crippen LogP contribution < -0.4 is 15.1 Å². The van der Waals surface area contributed by atoms with Gasteiger partial charge in [-0.1, -0.05) is 30.3 Å². The van der Waals surface area contributed by atoms with Gasteiger partial charge in [0.1, 0.15) is 18.2 Å². The standard InChI is InChI=1S/C23H25N7O3S/c1-28-18-9-24-20(29-11-16(12-29)33-2)8-19(18)34-13-17(23(28)32)26-22(31)21-25-14-30(27-21)10-15-6-4-3-5-7-15/h3-9,14,16-17H,10-13H2,1-2H3,(H,26,31)/t17-/m0/s1. The van der Waals surface area contributed by atoms with E-state index in [0.29, 0.717) is 12.3 Å². The molecule has 0 unspecified atom stereocenters. The zero-order valence-electron chi connectivity index (χ0n) is 18.9. The summed E-state index contributed by atoms with van der Waals surface area (Å²) in [4.78, 5) is 39.2. The lowest BCUT2D eigenvalue weighted by Gasteiger charge is -2.39. The SMILES string of the molecule is COC1CN(c2cc3c(cn2)N(C)C(=O)[C@@H](NC(=O)c2ncn(Cc4ccccc4)n2)CS3)C1. The molecule has 1 aromatic carbocycles. The first-order valence-electron chi connectivity index (χ1n) is 10.9. The van der Waals surface area contributed by atoms with E-state index in [9.17, 15) is 9.59 Å². The number of pyridine rings is 1. The van der Waals surface area contributed by atoms with E-state index in [4.69, 9.17) is 4.74 Å². The average molecular weight is 480 g/mol. The van der Waals surface area contributed by atoms with Gasteiger partial charge in [-0.3, -0.25) is 9.59 Å². The van der Waals surface area contributed by atoms with E-state index in [1.165, 1.54) is 18.1 Å². The van der Waals surface area contributed by atoms with Crippen LogP contribution in [-0.2, 0) is 16.1 Å². The Balaban J connectivity index is 1.25. The Hall–Kier alpha value is -3.44. The lowest BCUT2D eigenvalue weighted by molar-refractivity contribution is -0.119. The van der Waals surface area contributed by atoms with E-state index in [2.05, 4.69) is 25.3 Å². The quantitative estimate of drug-likeness (QED) is 0.566. The maximum Gasteiger partial charge on any atom is 0.291 e. The van der Waals surface area contributed by atoms with Crippen molar-refractivity contribution in [2.24, 2.45) is 0 Å². The van der Waals surface area contributed by atoms with Crippen molar-refractivity contribution >= 4 is 35.1 Å². The Morgan fingerprint density at radius 2 is 2.03 bits per heavy atom. The van der Waals surface area contributed by atoms with Crippen LogP contribution in [-0.4, -0.2) is 76.7 Å². The number of thioether (sulfide) groups is 1. The van der Waals surface area contributed by atoms with Crippen LogP contribution in [0.3, 0.4) is 0 Å². The topological polar surface area (TPSA) is 105 Å². The highest BCUT2D eigenvalue weighted by atomic mass is 32.2. The summed E-state index contributed by atoms with van der Waals surface area (Å²) in [5.74, 6) is 0.608. The summed E-state index contributed by atoms with van der Waals surface area (Å²) in [5, 5.41) is 7.08. The van der Waals surface area contributed by atoms with Gasteiger partial charge in [-0.15, -0.1) is 16.9 Å². The summed E-state index contributed by atoms with van der Waals surface area (Å²) in [7, 11) is 3.41. The second kappa shape index (κ2) is 9.43. The van der Waals surface area contributed by atoms with Crippen LogP contribution in [0.2, 0.25) is 0 Å². The van der Waals surface area contributed by atoms with E-state index >= 15 is 0 Å². The Labute approximate surface area is 201 Å². The molecule has 2 aliphatic rings. The summed E-state index contributed by atoms with van der Waals surface area (Å²) >= 11 is 1.52. The van der Waals surface area contributed by atoms with Crippen LogP contribution in [0.15, 0.2) is 53.8 Å². The van der Waals surface area contributed by atoms with Crippen molar-refractivity contribution in [1.29, 1.82) is 0 Å². The minimum absolute atomic E-state index is 0.0348. The van der Waals surface area contributed by atoms with Crippen LogP contribution in [0.25, 0.3) is 0 Å². The fourth-order valence-electron chi connectivity index (χ4n) is 3.90. The number of nitrogens with one attached hydrogen (secondary N) is 1. The molecule has 1 atom stereocenters. The van der Waals surface area contributed by atoms with Gasteiger partial charge in [0, 0.05) is 37.9 Å². The van der Waals surface area contributed by atoms with Crippen molar-refractivity contribution in [2.45, 2.75) is 23.6 Å². The van der Waals surface area contributed by atoms with Crippen molar-refractivity contribution < 1.29 is 14.3 Å². The third-order valence-electron chi connectivity index (χ3n) is 5.96. The summed E-state index contributed by atoms with van der Waals surface area (Å²) < 4.78 is 6.94. The number of likely N-dealkylation sites (N-methyl/N-ethyl adjacent to an activating group) is 1. The predicted octanol–water partition coefficient (Wildman–Crippen LogP) is 1.42. The summed E-state index contributed by atoms with van der Waals surface area (Å²) in [6, 6.07) is 11.1. The molecule has 1 fully saturated rings. The molecule has 2 aromatic heterocycles. The molecule has 2 aliphatic heterocycles. The number of ether oxygens (including phenoxy) is 1. The van der Waals surface area contributed by atoms with Gasteiger partial charge in [0.05, 0.1) is 24.5 Å². The zero-order valence-corrected chi connectivity index (χ0v) is 19.7. The number of amides is 2. The monoisotopic (exact) mass is 479 g/mol. The van der Waals surface area contributed by atoms with E-state index in [0.717, 1.165) is 35.1 Å². The molecule has 0 aliphatic carbocycles. The molecule has 0 saturated carbocycles. The molecule has 1 N–H and O–H groups in total. The molecule has 1 saturated heterocycles. The minimum atomic E-state index is -0.707. The molecule has 5 rings (SSSR count). The van der Waals surface area contributed by atoms with Crippen LogP contribution in [0.5, 0.6) is 0 Å². The van der Waals surface area contributed by atoms with Gasteiger partial charge in [0.25, 0.3) is 5.91 Å². The van der Waals surface area contributed by atoms with E-state index in [1.807, 2.05) is 36.4 Å². The van der Waals surface area contributed by atoms with Crippen LogP contribution in [0.4, 0.5) is 11.5 Å². The smallest absolute Gasteiger partial charge is 0.291 e. The van der Waals surface area contributed by atoms with Gasteiger partial charge in [0.15, 0.2) is 0 Å². The highest BCUT2D eigenvalue weighted by Crippen LogP contribution is 2.36. The fraction of sp³-hybridized carbons (Fsp3) is 0.348. The number of aromatic nitrogens is 4. The minimum Gasteiger partial charge on any atom is -0.378 e. The lowest BCUT2D eigenvalue weighted by Crippen LogP contribution is -2.52. The number of methoxy groups -OCH3 is 1. The number of carbonyl (C=O) groups excluding carboxylic acids is 2. The molecule has 0 spiro atoms. The third-order valence-corrected chi connectivity index (χ3v) is 7.10. The van der Waals surface area contributed by atoms with Crippen LogP contribution in [0.1, 0.15) is 16.2 Å². The number of carbonyl (C=O) groups is 2. The number of hydrogen-bond donors (Lipinski definition) is 1. The van der Waals surface area contributed by atoms with Gasteiger partial charge in [0.2, 0.25) is 11.7 Å². The molecule has 2 amide bonds. The maximum absolute atomic E-state index is 13.1. The van der Waals surface area contributed by atoms with Gasteiger partial charge in [-0.2, -0.15) is 0 Å². The number of rotatable bonds is 6. The largest absolute Gasteiger partial charge is 0.378 e. The maximum atomic E-state index is 13.1. The van der Waals surface area contributed by atoms with Gasteiger partial charge in [-0.05, 0) is 11.6 Å². The summed E-state index contributed by atoms with van der Waals surface area (Å²) in [6.45, 7) is 2.10. The molecule has 176 valence electrons. The Bertz CT molecular complexity index is 1200. The van der Waals surface area contributed by atoms with Crippen molar-refractivity contribution in [3.63, 3.8) is 0 Å². The number of benzene rings is 1. The zero-order chi connectivity index (χ0) is 23.7. The molecule has 10 nitrogen and oxygen atoms in total. The molecule has 0 radical (unpaired) electrons. The normalized spacial score (nSPS) is 18.3. The lowest BCUT2D eigenvalue weighted by atomic mass is 10.1. The number of hydrogen-bond acceptors (Lipinski definition) is 8. The fourth-order valence-corrected chi connectivity index (χ4v) is 5.00. The molecular weight excluding hydrogens is 454 g/mol. The van der Waals surface area contributed by atoms with Gasteiger partial charge in [-0.25, -0.2) is 14.6 Å². The van der Waals surface area contributed by atoms with E-state index < -0.39 is 11.9 Å². The van der Waals surface area contributed by atoms with Crippen molar-refractivity contribution in [3.05, 3.63) is 60.3 Å². The summed E-state index contributed by atoms with van der Waals surface area (Å²) in [5.41, 5.74) is 1.78. The van der Waals surface area contributed by atoms with Crippen molar-refractivity contribution in [1.82, 2.24) is 25.1 Å². The second-order valence-corrected chi connectivity index (χ2v) is 9.32. The van der Waals surface area contributed by atoms with E-state index in [-0.39, 0.29) is 17.8 Å². The first-order chi connectivity index (χ1) is 16.5. The van der Waals surface area contributed by atoms with E-state index in [1.54, 1.807) is 29.9 Å². The average Bonchev–Trinajstić information content (AvgIpc) is 3.25. The van der Waals surface area contributed by atoms with Crippen molar-refractivity contribution in [2.75, 3.05) is 42.8 Å². The highest BCUT2D eigenvalue weighted by molar-refractivity contribution is 7.99. The third kappa shape index (κ3) is 4.48. The number of fused-ring (bicyclic) bond motifs is 1. The molecular formula is C23H25N7O3S. The summed E-state index contributed by atoms with van der Waals surface area (Å²) in [6.07, 6.45) is 3.46. The second-order valence-electron chi connectivity index (χ2n) is 8.26. The molecule has 0 bridgehead atoms. The predicted molar refractivity (Wildman–Crippen MR) is 128 cm³/mol. The molecule has 4 heterocycles. The molecule has 34 heavy (non-hydrogen) atoms. The first-order valence-corrected chi connectivity index (χ1v) is 11.9. The number of nitrogens with zero attached hydrogens (tertiary/aromatic N) is 6. The van der Waals surface area contributed by atoms with Crippen LogP contribution in [0, 0.1) is 0 Å². The van der Waals surface area contributed by atoms with Gasteiger partial charge < -0.3 is 19.9 Å². The molecule has 3 aromatic rings. The number of anilines is 2. The van der Waals surface area contributed by atoms with Crippen LogP contribution >= 0.6 is 11.8 Å².